The Morgan fingerprint density at radius 1 is 1.44 bits per heavy atom. The molecule has 0 radical (unpaired) electrons. The fourth-order valence-electron chi connectivity index (χ4n) is 2.98. The van der Waals surface area contributed by atoms with Gasteiger partial charge in [0.15, 0.2) is 0 Å². The van der Waals surface area contributed by atoms with Crippen LogP contribution >= 0.6 is 0 Å². The van der Waals surface area contributed by atoms with E-state index in [-0.39, 0.29) is 12.5 Å². The van der Waals surface area contributed by atoms with Crippen LogP contribution in [0.1, 0.15) is 19.8 Å². The van der Waals surface area contributed by atoms with Crippen molar-refractivity contribution >= 4 is 5.91 Å². The van der Waals surface area contributed by atoms with E-state index in [1.54, 1.807) is 0 Å². The van der Waals surface area contributed by atoms with Gasteiger partial charge in [-0.25, -0.2) is 4.68 Å². The minimum atomic E-state index is 0.120. The smallest absolute Gasteiger partial charge is 0.244 e. The van der Waals surface area contributed by atoms with Crippen molar-refractivity contribution in [3.63, 3.8) is 0 Å². The van der Waals surface area contributed by atoms with E-state index >= 15 is 0 Å². The van der Waals surface area contributed by atoms with Crippen LogP contribution < -0.4 is 0 Å². The zero-order valence-electron chi connectivity index (χ0n) is 10.5. The van der Waals surface area contributed by atoms with Gasteiger partial charge in [-0.3, -0.25) is 4.79 Å². The molecule has 1 aliphatic carbocycles. The van der Waals surface area contributed by atoms with E-state index in [0.717, 1.165) is 25.9 Å². The van der Waals surface area contributed by atoms with E-state index < -0.39 is 0 Å². The Hall–Kier alpha value is -1.72. The van der Waals surface area contributed by atoms with Crippen molar-refractivity contribution in [1.29, 1.82) is 0 Å². The van der Waals surface area contributed by atoms with Crippen LogP contribution in [0, 0.1) is 11.8 Å². The largest absolute Gasteiger partial charge is 0.340 e. The number of nitrogens with zero attached hydrogens (tertiary/aromatic N) is 5. The molecule has 0 aromatic carbocycles. The molecule has 2 atom stereocenters. The molecule has 0 bridgehead atoms. The molecule has 0 spiro atoms. The van der Waals surface area contributed by atoms with Gasteiger partial charge >= 0.3 is 0 Å². The monoisotopic (exact) mass is 247 g/mol. The SMILES string of the molecule is CC1=CC[C@H]2CN(C(=O)Cn3cnnn3)C[C@H]2C1. The van der Waals surface area contributed by atoms with Crippen LogP contribution in [0.25, 0.3) is 0 Å². The van der Waals surface area contributed by atoms with E-state index in [2.05, 4.69) is 28.5 Å². The number of amides is 1. The lowest BCUT2D eigenvalue weighted by atomic mass is 9.83. The Morgan fingerprint density at radius 2 is 2.28 bits per heavy atom. The van der Waals surface area contributed by atoms with Gasteiger partial charge in [-0.2, -0.15) is 0 Å². The van der Waals surface area contributed by atoms with Gasteiger partial charge in [-0.15, -0.1) is 5.10 Å². The molecule has 96 valence electrons. The molecule has 6 nitrogen and oxygen atoms in total. The first-order valence-corrected chi connectivity index (χ1v) is 6.36. The summed E-state index contributed by atoms with van der Waals surface area (Å²) in [6, 6.07) is 0. The Kier molecular flexibility index (Phi) is 2.85. The van der Waals surface area contributed by atoms with E-state index in [0.29, 0.717) is 11.8 Å². The van der Waals surface area contributed by atoms with Gasteiger partial charge < -0.3 is 4.90 Å². The second kappa shape index (κ2) is 4.51. The number of allylic oxidation sites excluding steroid dienone is 2. The maximum Gasteiger partial charge on any atom is 0.244 e. The fraction of sp³-hybridized carbons (Fsp3) is 0.667. The molecule has 18 heavy (non-hydrogen) atoms. The van der Waals surface area contributed by atoms with E-state index in [4.69, 9.17) is 0 Å². The van der Waals surface area contributed by atoms with Gasteiger partial charge in [0.25, 0.3) is 0 Å². The van der Waals surface area contributed by atoms with Crippen LogP contribution in [0.5, 0.6) is 0 Å². The molecule has 0 N–H and O–H groups in total. The number of carbonyl (C=O) groups excluding carboxylic acids is 1. The number of hydrogen-bond acceptors (Lipinski definition) is 4. The highest BCUT2D eigenvalue weighted by molar-refractivity contribution is 5.76. The van der Waals surface area contributed by atoms with Crippen molar-refractivity contribution in [3.8, 4) is 0 Å². The van der Waals surface area contributed by atoms with Gasteiger partial charge in [0.05, 0.1) is 0 Å². The lowest BCUT2D eigenvalue weighted by Gasteiger charge is -2.21. The number of hydrogen-bond donors (Lipinski definition) is 0. The molecule has 1 aromatic heterocycles. The van der Waals surface area contributed by atoms with Gasteiger partial charge in [0.2, 0.25) is 5.91 Å². The molecule has 2 aliphatic rings. The molecule has 0 unspecified atom stereocenters. The number of fused-ring (bicyclic) bond motifs is 1. The second-order valence-corrected chi connectivity index (χ2v) is 5.32. The predicted molar refractivity (Wildman–Crippen MR) is 64.4 cm³/mol. The van der Waals surface area contributed by atoms with E-state index in [1.807, 2.05) is 4.90 Å². The molecular weight excluding hydrogens is 230 g/mol. The van der Waals surface area contributed by atoms with Crippen LogP contribution in [-0.4, -0.2) is 44.1 Å². The minimum absolute atomic E-state index is 0.120. The number of aromatic nitrogens is 4. The maximum absolute atomic E-state index is 12.1. The van der Waals surface area contributed by atoms with E-state index in [9.17, 15) is 4.79 Å². The highest BCUT2D eigenvalue weighted by Gasteiger charge is 2.36. The summed E-state index contributed by atoms with van der Waals surface area (Å²) < 4.78 is 1.48. The highest BCUT2D eigenvalue weighted by Crippen LogP contribution is 2.35. The third-order valence-electron chi connectivity index (χ3n) is 3.97. The lowest BCUT2D eigenvalue weighted by Crippen LogP contribution is -2.32. The van der Waals surface area contributed by atoms with Gasteiger partial charge in [-0.1, -0.05) is 11.6 Å². The molecule has 1 amide bonds. The third-order valence-corrected chi connectivity index (χ3v) is 3.97. The first-order valence-electron chi connectivity index (χ1n) is 6.36. The van der Waals surface area contributed by atoms with Gasteiger partial charge in [0.1, 0.15) is 12.9 Å². The molecule has 3 rings (SSSR count). The van der Waals surface area contributed by atoms with Crippen LogP contribution in [0.3, 0.4) is 0 Å². The van der Waals surface area contributed by atoms with Crippen LogP contribution in [-0.2, 0) is 11.3 Å². The molecule has 1 saturated heterocycles. The molecule has 6 heteroatoms. The average Bonchev–Trinajstić information content (AvgIpc) is 2.96. The van der Waals surface area contributed by atoms with Crippen LogP contribution in [0.2, 0.25) is 0 Å². The number of likely N-dealkylation sites (tertiary alicyclic amines) is 1. The normalized spacial score (nSPS) is 26.9. The van der Waals surface area contributed by atoms with Crippen molar-refractivity contribution in [2.45, 2.75) is 26.3 Å². The Labute approximate surface area is 106 Å². The summed E-state index contributed by atoms with van der Waals surface area (Å²) in [4.78, 5) is 14.1. The zero-order valence-corrected chi connectivity index (χ0v) is 10.5. The number of rotatable bonds is 2. The van der Waals surface area contributed by atoms with Crippen LogP contribution in [0.15, 0.2) is 18.0 Å². The summed E-state index contributed by atoms with van der Waals surface area (Å²) in [6.07, 6.45) is 6.05. The Morgan fingerprint density at radius 3 is 3.06 bits per heavy atom. The molecule has 0 saturated carbocycles. The van der Waals surface area contributed by atoms with Crippen molar-refractivity contribution in [2.75, 3.05) is 13.1 Å². The molecule has 1 fully saturated rings. The lowest BCUT2D eigenvalue weighted by molar-refractivity contribution is -0.131. The Balaban J connectivity index is 1.61. The van der Waals surface area contributed by atoms with Crippen molar-refractivity contribution < 1.29 is 4.79 Å². The molecule has 2 heterocycles. The zero-order chi connectivity index (χ0) is 12.5. The number of tetrazole rings is 1. The first kappa shape index (κ1) is 11.4. The third kappa shape index (κ3) is 2.14. The van der Waals surface area contributed by atoms with E-state index in [1.165, 1.54) is 16.6 Å². The summed E-state index contributed by atoms with van der Waals surface area (Å²) in [5, 5.41) is 10.8. The number of carbonyl (C=O) groups is 1. The van der Waals surface area contributed by atoms with Crippen LogP contribution in [0.4, 0.5) is 0 Å². The summed E-state index contributed by atoms with van der Waals surface area (Å²) in [6.45, 7) is 4.20. The van der Waals surface area contributed by atoms with Crippen molar-refractivity contribution in [1.82, 2.24) is 25.1 Å². The molecule has 1 aromatic rings. The Bertz CT molecular complexity index is 467. The average molecular weight is 247 g/mol. The molecular formula is C12H17N5O. The minimum Gasteiger partial charge on any atom is -0.340 e. The summed E-state index contributed by atoms with van der Waals surface area (Å²) in [5.41, 5.74) is 1.46. The second-order valence-electron chi connectivity index (χ2n) is 5.32. The molecule has 1 aliphatic heterocycles. The summed E-state index contributed by atoms with van der Waals surface area (Å²) in [5.74, 6) is 1.41. The summed E-state index contributed by atoms with van der Waals surface area (Å²) >= 11 is 0. The maximum atomic E-state index is 12.1. The van der Waals surface area contributed by atoms with Crippen molar-refractivity contribution in [2.24, 2.45) is 11.8 Å². The van der Waals surface area contributed by atoms with Crippen molar-refractivity contribution in [3.05, 3.63) is 18.0 Å². The fourth-order valence-corrected chi connectivity index (χ4v) is 2.98. The summed E-state index contributed by atoms with van der Waals surface area (Å²) in [7, 11) is 0. The predicted octanol–water partition coefficient (Wildman–Crippen LogP) is 0.488. The van der Waals surface area contributed by atoms with Gasteiger partial charge in [-0.05, 0) is 42.0 Å². The highest BCUT2D eigenvalue weighted by atomic mass is 16.2. The van der Waals surface area contributed by atoms with Gasteiger partial charge in [0, 0.05) is 13.1 Å². The topological polar surface area (TPSA) is 63.9 Å². The standard InChI is InChI=1S/C12H17N5O/c1-9-2-3-10-5-16(6-11(10)4-9)12(18)7-17-8-13-14-15-17/h2,8,10-11H,3-7H2,1H3/t10-,11+/m0/s1. The quantitative estimate of drug-likeness (QED) is 0.713. The first-order chi connectivity index (χ1) is 8.72.